The number of hydrazone groups is 1. The molecule has 3 aromatic rings. The molecule has 7 heteroatoms. The van der Waals surface area contributed by atoms with Gasteiger partial charge < -0.3 is 10.1 Å². The van der Waals surface area contributed by atoms with Gasteiger partial charge in [0.25, 0.3) is 5.91 Å². The van der Waals surface area contributed by atoms with Crippen LogP contribution < -0.4 is 10.7 Å². The van der Waals surface area contributed by atoms with Gasteiger partial charge in [0.1, 0.15) is 5.01 Å². The van der Waals surface area contributed by atoms with Crippen LogP contribution in [0.25, 0.3) is 10.2 Å². The van der Waals surface area contributed by atoms with Crippen LogP contribution in [0.15, 0.2) is 53.6 Å². The summed E-state index contributed by atoms with van der Waals surface area (Å²) in [6.07, 6.45) is 0.448. The van der Waals surface area contributed by atoms with Crippen LogP contribution in [0.3, 0.4) is 0 Å². The van der Waals surface area contributed by atoms with E-state index < -0.39 is 5.72 Å². The second-order valence-electron chi connectivity index (χ2n) is 5.65. The number of carbonyl (C=O) groups is 1. The van der Waals surface area contributed by atoms with Gasteiger partial charge >= 0.3 is 5.72 Å². The number of carbonyl (C=O) groups excluding carboxylic acids is 1. The molecule has 2 aliphatic heterocycles. The molecule has 24 heavy (non-hydrogen) atoms. The van der Waals surface area contributed by atoms with Gasteiger partial charge in [-0.25, -0.2) is 4.98 Å². The molecule has 0 saturated heterocycles. The fraction of sp³-hybridized carbons (Fsp3) is 0.118. The quantitative estimate of drug-likeness (QED) is 0.754. The first-order valence-electron chi connectivity index (χ1n) is 7.53. The summed E-state index contributed by atoms with van der Waals surface area (Å²) in [7, 11) is 0. The highest BCUT2D eigenvalue weighted by atomic mass is 32.1. The topological polar surface area (TPSA) is 75.6 Å². The van der Waals surface area contributed by atoms with Crippen LogP contribution in [-0.2, 0) is 21.7 Å². The number of anilines is 1. The summed E-state index contributed by atoms with van der Waals surface area (Å²) in [6, 6.07) is 15.4. The van der Waals surface area contributed by atoms with E-state index in [0.717, 1.165) is 26.5 Å². The zero-order valence-electron chi connectivity index (χ0n) is 12.4. The fourth-order valence-corrected chi connectivity index (χ4v) is 3.97. The van der Waals surface area contributed by atoms with E-state index in [1.54, 1.807) is 11.3 Å². The van der Waals surface area contributed by atoms with Crippen LogP contribution in [-0.4, -0.2) is 16.8 Å². The summed E-state index contributed by atoms with van der Waals surface area (Å²) >= 11 is 1.60. The largest absolute Gasteiger partial charge is 0.438 e. The number of rotatable bonds is 2. The highest BCUT2D eigenvalue weighted by Gasteiger charge is 2.53. The van der Waals surface area contributed by atoms with Crippen molar-refractivity contribution in [2.45, 2.75) is 12.1 Å². The standard InChI is InChI=1S/C17H12N4O2S/c22-16-17(10-5-1-2-6-11(10)19-16)21-20-14(23-17)9-15-18-12-7-3-4-8-13(12)24-15/h1-8,21H,9H2,(H,19,22)/t17-/m0/s1. The summed E-state index contributed by atoms with van der Waals surface area (Å²) in [5, 5.41) is 7.96. The van der Waals surface area contributed by atoms with Crippen molar-refractivity contribution in [1.82, 2.24) is 10.4 Å². The highest BCUT2D eigenvalue weighted by molar-refractivity contribution is 7.18. The van der Waals surface area contributed by atoms with Crippen molar-refractivity contribution in [1.29, 1.82) is 0 Å². The minimum atomic E-state index is -1.26. The number of thiazole rings is 1. The molecule has 2 aliphatic rings. The van der Waals surface area contributed by atoms with E-state index in [1.165, 1.54) is 0 Å². The molecular weight excluding hydrogens is 324 g/mol. The minimum absolute atomic E-state index is 0.258. The van der Waals surface area contributed by atoms with Gasteiger partial charge in [0.2, 0.25) is 5.90 Å². The first kappa shape index (κ1) is 13.5. The number of benzene rings is 2. The predicted octanol–water partition coefficient (Wildman–Crippen LogP) is 2.58. The Hall–Kier alpha value is -2.93. The number of para-hydroxylation sites is 2. The molecule has 1 aromatic heterocycles. The lowest BCUT2D eigenvalue weighted by Gasteiger charge is -2.20. The molecule has 3 heterocycles. The van der Waals surface area contributed by atoms with Gasteiger partial charge in [-0.1, -0.05) is 30.3 Å². The monoisotopic (exact) mass is 336 g/mol. The molecule has 1 spiro atoms. The second kappa shape index (κ2) is 4.78. The van der Waals surface area contributed by atoms with E-state index in [0.29, 0.717) is 12.3 Å². The van der Waals surface area contributed by atoms with Crippen LogP contribution in [0.1, 0.15) is 10.6 Å². The van der Waals surface area contributed by atoms with Crippen LogP contribution in [0, 0.1) is 0 Å². The molecule has 0 saturated carbocycles. The number of fused-ring (bicyclic) bond motifs is 3. The van der Waals surface area contributed by atoms with Gasteiger partial charge in [-0.2, -0.15) is 0 Å². The Balaban J connectivity index is 1.43. The average Bonchev–Trinajstić information content (AvgIpc) is 3.26. The summed E-state index contributed by atoms with van der Waals surface area (Å²) in [4.78, 5) is 17.0. The molecule has 118 valence electrons. The van der Waals surface area contributed by atoms with Crippen molar-refractivity contribution in [3.05, 3.63) is 59.1 Å². The lowest BCUT2D eigenvalue weighted by Crippen LogP contribution is -2.44. The van der Waals surface area contributed by atoms with E-state index in [4.69, 9.17) is 4.74 Å². The summed E-state index contributed by atoms with van der Waals surface area (Å²) in [5.74, 6) is 0.202. The van der Waals surface area contributed by atoms with Gasteiger partial charge in [-0.3, -0.25) is 10.2 Å². The number of hydrogen-bond donors (Lipinski definition) is 2. The molecule has 6 nitrogen and oxygen atoms in total. The van der Waals surface area contributed by atoms with Crippen LogP contribution in [0.2, 0.25) is 0 Å². The molecule has 1 atom stereocenters. The van der Waals surface area contributed by atoms with E-state index in [-0.39, 0.29) is 5.91 Å². The summed E-state index contributed by atoms with van der Waals surface area (Å²) in [6.45, 7) is 0. The first-order valence-corrected chi connectivity index (χ1v) is 8.34. The fourth-order valence-electron chi connectivity index (χ4n) is 3.01. The number of nitrogens with one attached hydrogen (secondary N) is 2. The van der Waals surface area contributed by atoms with Gasteiger partial charge in [0.05, 0.1) is 27.9 Å². The number of hydrogen-bond acceptors (Lipinski definition) is 6. The molecule has 0 unspecified atom stereocenters. The SMILES string of the molecule is O=C1Nc2ccccc2[C@@]12NN=C(Cc1nc3ccccc3s1)O2. The van der Waals surface area contributed by atoms with Crippen molar-refractivity contribution in [3.8, 4) is 0 Å². The maximum absolute atomic E-state index is 12.4. The zero-order chi connectivity index (χ0) is 16.1. The van der Waals surface area contributed by atoms with Gasteiger partial charge in [0.15, 0.2) is 0 Å². The zero-order valence-corrected chi connectivity index (χ0v) is 13.3. The normalized spacial score (nSPS) is 21.3. The van der Waals surface area contributed by atoms with E-state index in [9.17, 15) is 4.79 Å². The average molecular weight is 336 g/mol. The number of ether oxygens (including phenoxy) is 1. The maximum atomic E-state index is 12.4. The van der Waals surface area contributed by atoms with E-state index in [1.807, 2.05) is 48.5 Å². The van der Waals surface area contributed by atoms with Crippen molar-refractivity contribution >= 4 is 39.0 Å². The molecule has 0 bridgehead atoms. The second-order valence-corrected chi connectivity index (χ2v) is 6.77. The van der Waals surface area contributed by atoms with Crippen LogP contribution >= 0.6 is 11.3 Å². The summed E-state index contributed by atoms with van der Waals surface area (Å²) < 4.78 is 7.06. The number of aromatic nitrogens is 1. The first-order chi connectivity index (χ1) is 11.7. The smallest absolute Gasteiger partial charge is 0.304 e. The van der Waals surface area contributed by atoms with Crippen LogP contribution in [0.5, 0.6) is 0 Å². The minimum Gasteiger partial charge on any atom is -0.438 e. The Morgan fingerprint density at radius 3 is 2.88 bits per heavy atom. The Labute approximate surface area is 141 Å². The lowest BCUT2D eigenvalue weighted by atomic mass is 10.1. The Morgan fingerprint density at radius 1 is 1.12 bits per heavy atom. The summed E-state index contributed by atoms with van der Waals surface area (Å²) in [5.41, 5.74) is 4.06. The number of amides is 1. The molecule has 2 N–H and O–H groups in total. The lowest BCUT2D eigenvalue weighted by molar-refractivity contribution is -0.133. The molecule has 0 fully saturated rings. The van der Waals surface area contributed by atoms with Crippen molar-refractivity contribution in [3.63, 3.8) is 0 Å². The van der Waals surface area contributed by atoms with E-state index >= 15 is 0 Å². The molecule has 0 radical (unpaired) electrons. The molecule has 1 amide bonds. The Kier molecular flexibility index (Phi) is 2.69. The third-order valence-corrected chi connectivity index (χ3v) is 5.16. The maximum Gasteiger partial charge on any atom is 0.304 e. The van der Waals surface area contributed by atoms with Gasteiger partial charge in [0, 0.05) is 0 Å². The van der Waals surface area contributed by atoms with Crippen LogP contribution in [0.4, 0.5) is 5.69 Å². The van der Waals surface area contributed by atoms with Crippen molar-refractivity contribution in [2.24, 2.45) is 5.10 Å². The van der Waals surface area contributed by atoms with Gasteiger partial charge in [-0.05, 0) is 18.2 Å². The molecule has 5 rings (SSSR count). The molecule has 0 aliphatic carbocycles. The van der Waals surface area contributed by atoms with Gasteiger partial charge in [-0.15, -0.1) is 16.4 Å². The third kappa shape index (κ3) is 1.85. The number of nitrogens with zero attached hydrogens (tertiary/aromatic N) is 2. The van der Waals surface area contributed by atoms with Crippen molar-refractivity contribution < 1.29 is 9.53 Å². The van der Waals surface area contributed by atoms with E-state index in [2.05, 4.69) is 20.8 Å². The van der Waals surface area contributed by atoms with Crippen molar-refractivity contribution in [2.75, 3.05) is 5.32 Å². The Morgan fingerprint density at radius 2 is 1.96 bits per heavy atom. The highest BCUT2D eigenvalue weighted by Crippen LogP contribution is 2.39. The molecule has 2 aromatic carbocycles. The predicted molar refractivity (Wildman–Crippen MR) is 91.7 cm³/mol. The molecular formula is C17H12N4O2S. The Bertz CT molecular complexity index is 980. The third-order valence-electron chi connectivity index (χ3n) is 4.12.